The summed E-state index contributed by atoms with van der Waals surface area (Å²) in [6.07, 6.45) is -4.37. The first-order valence-electron chi connectivity index (χ1n) is 10.9. The van der Waals surface area contributed by atoms with E-state index in [0.29, 0.717) is 24.6 Å². The van der Waals surface area contributed by atoms with Crippen LogP contribution in [0.15, 0.2) is 66.0 Å². The van der Waals surface area contributed by atoms with E-state index in [9.17, 15) is 18.0 Å². The summed E-state index contributed by atoms with van der Waals surface area (Å²) in [6, 6.07) is 16.7. The molecule has 4 aromatic rings. The number of carboxylic acids is 1. The monoisotopic (exact) mass is 499 g/mol. The molecule has 0 amide bonds. The zero-order chi connectivity index (χ0) is 25.2. The summed E-state index contributed by atoms with van der Waals surface area (Å²) in [7, 11) is 1.85. The topological polar surface area (TPSA) is 49.8 Å². The Labute approximate surface area is 205 Å². The van der Waals surface area contributed by atoms with E-state index < -0.39 is 17.7 Å². The van der Waals surface area contributed by atoms with E-state index >= 15 is 0 Å². The van der Waals surface area contributed by atoms with Gasteiger partial charge in [0.15, 0.2) is 0 Å². The second kappa shape index (κ2) is 10.00. The van der Waals surface area contributed by atoms with Gasteiger partial charge in [0.25, 0.3) is 0 Å². The number of carboxylic acid groups (broad SMARTS) is 1. The number of hydrogen-bond acceptors (Lipinski definition) is 4. The fourth-order valence-corrected chi connectivity index (χ4v) is 4.96. The molecule has 0 unspecified atom stereocenters. The van der Waals surface area contributed by atoms with Crippen LogP contribution in [0.1, 0.15) is 27.8 Å². The average Bonchev–Trinajstić information content (AvgIpc) is 3.20. The second-order valence-electron chi connectivity index (χ2n) is 8.39. The molecule has 4 rings (SSSR count). The Bertz CT molecular complexity index is 1350. The third kappa shape index (κ3) is 5.77. The van der Waals surface area contributed by atoms with Crippen LogP contribution < -0.4 is 9.64 Å². The Morgan fingerprint density at radius 1 is 1.06 bits per heavy atom. The van der Waals surface area contributed by atoms with Crippen LogP contribution in [0.5, 0.6) is 5.75 Å². The van der Waals surface area contributed by atoms with Gasteiger partial charge in [0.2, 0.25) is 0 Å². The highest BCUT2D eigenvalue weighted by Gasteiger charge is 2.30. The van der Waals surface area contributed by atoms with Gasteiger partial charge in [0, 0.05) is 24.0 Å². The Morgan fingerprint density at radius 3 is 2.49 bits per heavy atom. The third-order valence-corrected chi connectivity index (χ3v) is 6.90. The fraction of sp³-hybridized carbons (Fsp3) is 0.222. The number of ether oxygens (including phenoxy) is 1. The molecule has 0 aliphatic heterocycles. The second-order valence-corrected chi connectivity index (χ2v) is 9.30. The molecule has 8 heteroatoms. The van der Waals surface area contributed by atoms with E-state index in [1.54, 1.807) is 0 Å². The first kappa shape index (κ1) is 24.6. The molecule has 1 aromatic heterocycles. The fourth-order valence-electron chi connectivity index (χ4n) is 3.97. The molecule has 35 heavy (non-hydrogen) atoms. The van der Waals surface area contributed by atoms with Gasteiger partial charge in [-0.1, -0.05) is 18.2 Å². The number of rotatable bonds is 8. The van der Waals surface area contributed by atoms with Crippen LogP contribution in [-0.2, 0) is 30.5 Å². The summed E-state index contributed by atoms with van der Waals surface area (Å²) in [5, 5.41) is 11.8. The van der Waals surface area contributed by atoms with Gasteiger partial charge in [0.1, 0.15) is 12.4 Å². The standard InChI is InChI=1S/C27H24F3NO3S/c1-17-4-3-5-18(24(17)14-31(2)21-8-6-20(7-9-21)27(28,29)30)15-34-22-10-11-23-19(12-26(32)33)16-35-25(23)13-22/h3-11,13,16H,12,14-15H2,1-2H3,(H,32,33). The molecule has 1 N–H and O–H groups in total. The van der Waals surface area contributed by atoms with Crippen molar-refractivity contribution in [3.63, 3.8) is 0 Å². The van der Waals surface area contributed by atoms with Gasteiger partial charge in [-0.05, 0) is 82.4 Å². The minimum absolute atomic E-state index is 0.0146. The number of thiophene rings is 1. The maximum Gasteiger partial charge on any atom is 0.416 e. The Kier molecular flexibility index (Phi) is 7.03. The van der Waals surface area contributed by atoms with Crippen molar-refractivity contribution in [3.05, 3.63) is 93.9 Å². The number of aliphatic carboxylic acids is 1. The van der Waals surface area contributed by atoms with Crippen molar-refractivity contribution in [2.75, 3.05) is 11.9 Å². The lowest BCUT2D eigenvalue weighted by Gasteiger charge is -2.23. The van der Waals surface area contributed by atoms with Crippen molar-refractivity contribution in [1.29, 1.82) is 0 Å². The van der Waals surface area contributed by atoms with E-state index in [0.717, 1.165) is 44.5 Å². The predicted molar refractivity (Wildman–Crippen MR) is 132 cm³/mol. The maximum absolute atomic E-state index is 12.9. The molecule has 0 aliphatic rings. The van der Waals surface area contributed by atoms with Crippen molar-refractivity contribution in [2.24, 2.45) is 0 Å². The highest BCUT2D eigenvalue weighted by molar-refractivity contribution is 7.17. The molecule has 1 heterocycles. The number of carbonyl (C=O) groups is 1. The Morgan fingerprint density at radius 2 is 1.80 bits per heavy atom. The highest BCUT2D eigenvalue weighted by Crippen LogP contribution is 2.32. The van der Waals surface area contributed by atoms with Crippen molar-refractivity contribution >= 4 is 33.1 Å². The molecule has 4 nitrogen and oxygen atoms in total. The molecule has 0 bridgehead atoms. The summed E-state index contributed by atoms with van der Waals surface area (Å²) < 4.78 is 45.7. The van der Waals surface area contributed by atoms with Gasteiger partial charge in [-0.3, -0.25) is 4.79 Å². The van der Waals surface area contributed by atoms with Crippen LogP contribution in [-0.4, -0.2) is 18.1 Å². The van der Waals surface area contributed by atoms with Gasteiger partial charge in [-0.25, -0.2) is 0 Å². The Hall–Kier alpha value is -3.52. The van der Waals surface area contributed by atoms with Crippen LogP contribution in [0.3, 0.4) is 0 Å². The van der Waals surface area contributed by atoms with Crippen molar-refractivity contribution < 1.29 is 27.8 Å². The summed E-state index contributed by atoms with van der Waals surface area (Å²) in [6.45, 7) is 2.84. The first-order valence-corrected chi connectivity index (χ1v) is 11.8. The number of aryl methyl sites for hydroxylation is 1. The van der Waals surface area contributed by atoms with Crippen molar-refractivity contribution in [3.8, 4) is 5.75 Å². The van der Waals surface area contributed by atoms with Crippen LogP contribution in [0.4, 0.5) is 18.9 Å². The largest absolute Gasteiger partial charge is 0.489 e. The van der Waals surface area contributed by atoms with Gasteiger partial charge < -0.3 is 14.7 Å². The van der Waals surface area contributed by atoms with Gasteiger partial charge >= 0.3 is 12.1 Å². The number of fused-ring (bicyclic) bond motifs is 1. The first-order chi connectivity index (χ1) is 16.6. The molecular weight excluding hydrogens is 475 g/mol. The molecule has 182 valence electrons. The van der Waals surface area contributed by atoms with Gasteiger partial charge in [-0.15, -0.1) is 11.3 Å². The summed E-state index contributed by atoms with van der Waals surface area (Å²) >= 11 is 1.49. The summed E-state index contributed by atoms with van der Waals surface area (Å²) in [4.78, 5) is 13.0. The normalized spacial score (nSPS) is 11.6. The van der Waals surface area contributed by atoms with Gasteiger partial charge in [0.05, 0.1) is 12.0 Å². The van der Waals surface area contributed by atoms with E-state index in [2.05, 4.69) is 0 Å². The number of alkyl halides is 3. The number of benzene rings is 3. The average molecular weight is 500 g/mol. The summed E-state index contributed by atoms with van der Waals surface area (Å²) in [5.74, 6) is -0.178. The third-order valence-electron chi connectivity index (χ3n) is 5.90. The number of anilines is 1. The number of nitrogens with zero attached hydrogens (tertiary/aromatic N) is 1. The highest BCUT2D eigenvalue weighted by atomic mass is 32.1. The van der Waals surface area contributed by atoms with Crippen LogP contribution in [0.2, 0.25) is 0 Å². The minimum atomic E-state index is -4.36. The van der Waals surface area contributed by atoms with E-state index in [-0.39, 0.29) is 6.42 Å². The van der Waals surface area contributed by atoms with E-state index in [4.69, 9.17) is 9.84 Å². The summed E-state index contributed by atoms with van der Waals surface area (Å²) in [5.41, 5.74) is 3.91. The van der Waals surface area contributed by atoms with E-state index in [1.165, 1.54) is 23.5 Å². The molecule has 0 spiro atoms. The minimum Gasteiger partial charge on any atom is -0.489 e. The van der Waals surface area contributed by atoms with Crippen molar-refractivity contribution in [2.45, 2.75) is 32.7 Å². The number of hydrogen-bond donors (Lipinski definition) is 1. The molecule has 0 fully saturated rings. The predicted octanol–water partition coefficient (Wildman–Crippen LogP) is 7.07. The number of halogens is 3. The zero-order valence-electron chi connectivity index (χ0n) is 19.2. The van der Waals surface area contributed by atoms with E-state index in [1.807, 2.05) is 60.6 Å². The van der Waals surface area contributed by atoms with Crippen LogP contribution in [0.25, 0.3) is 10.1 Å². The molecule has 0 saturated heterocycles. The van der Waals surface area contributed by atoms with Gasteiger partial charge in [-0.2, -0.15) is 13.2 Å². The van der Waals surface area contributed by atoms with Crippen LogP contribution >= 0.6 is 11.3 Å². The lowest BCUT2D eigenvalue weighted by molar-refractivity contribution is -0.138. The van der Waals surface area contributed by atoms with Crippen molar-refractivity contribution in [1.82, 2.24) is 0 Å². The molecule has 0 atom stereocenters. The Balaban J connectivity index is 1.49. The molecular formula is C27H24F3NO3S. The molecule has 0 radical (unpaired) electrons. The SMILES string of the molecule is Cc1cccc(COc2ccc3c(CC(=O)O)csc3c2)c1CN(C)c1ccc(C(F)(F)F)cc1. The molecule has 0 aliphatic carbocycles. The van der Waals surface area contributed by atoms with Crippen LogP contribution in [0, 0.1) is 6.92 Å². The zero-order valence-corrected chi connectivity index (χ0v) is 20.0. The molecule has 0 saturated carbocycles. The lowest BCUT2D eigenvalue weighted by Crippen LogP contribution is -2.19. The smallest absolute Gasteiger partial charge is 0.416 e. The maximum atomic E-state index is 12.9. The quantitative estimate of drug-likeness (QED) is 0.282. The lowest BCUT2D eigenvalue weighted by atomic mass is 10.0. The molecule has 3 aromatic carbocycles.